The molecule has 0 saturated heterocycles. The van der Waals surface area contributed by atoms with Crippen molar-refractivity contribution in [2.75, 3.05) is 14.7 Å². The van der Waals surface area contributed by atoms with Crippen LogP contribution in [0.1, 0.15) is 178 Å². The summed E-state index contributed by atoms with van der Waals surface area (Å²) in [4.78, 5) is 8.00. The summed E-state index contributed by atoms with van der Waals surface area (Å²) >= 11 is 0. The fourth-order valence-corrected chi connectivity index (χ4v) is 16.7. The van der Waals surface area contributed by atoms with Crippen LogP contribution in [0.4, 0.5) is 51.2 Å². The number of aryl methyl sites for hydroxylation is 1. The monoisotopic (exact) mass is 1040 g/mol. The Balaban J connectivity index is 1.21. The second-order valence-corrected chi connectivity index (χ2v) is 29.2. The van der Waals surface area contributed by atoms with E-state index < -0.39 is 0 Å². The molecular formula is C75H82BN3. The third-order valence-corrected chi connectivity index (χ3v) is 20.4. The van der Waals surface area contributed by atoms with Gasteiger partial charge in [-0.15, -0.1) is 0 Å². The molecule has 400 valence electrons. The zero-order valence-corrected chi connectivity index (χ0v) is 50.3. The average molecular weight is 1040 g/mol. The molecule has 0 atom stereocenters. The number of para-hydroxylation sites is 2. The maximum absolute atomic E-state index is 2.75. The SMILES string of the molecule is Cc1cc2c(cc1N1c3cc4c(cc3B3c5ccc(C(C)(C)c6ccccc6)cc5N(c5ccc6c(c5C)C(C)(C)CCC6(C)C)c5cc(N(c6ccccc6)c6ccccc6)cc1c53)C(C)(C)CC4(C)C)C(C)(C)CC2(C)C. The van der Waals surface area contributed by atoms with Crippen molar-refractivity contribution in [1.82, 2.24) is 0 Å². The van der Waals surface area contributed by atoms with E-state index in [2.05, 4.69) is 283 Å². The molecule has 0 radical (unpaired) electrons. The molecule has 0 aromatic heterocycles. The van der Waals surface area contributed by atoms with E-state index in [9.17, 15) is 0 Å². The second kappa shape index (κ2) is 17.1. The topological polar surface area (TPSA) is 9.72 Å². The van der Waals surface area contributed by atoms with Crippen molar-refractivity contribution >= 4 is 74.3 Å². The molecule has 5 aliphatic rings. The van der Waals surface area contributed by atoms with Crippen LogP contribution in [0.3, 0.4) is 0 Å². The minimum atomic E-state index is -0.269. The predicted octanol–water partition coefficient (Wildman–Crippen LogP) is 18.4. The van der Waals surface area contributed by atoms with Crippen LogP contribution >= 0.6 is 0 Å². The van der Waals surface area contributed by atoms with Crippen LogP contribution < -0.4 is 31.1 Å². The summed E-state index contributed by atoms with van der Waals surface area (Å²) in [6.45, 7) is 39.4. The molecule has 0 amide bonds. The molecule has 13 rings (SSSR count). The highest BCUT2D eigenvalue weighted by Crippen LogP contribution is 2.58. The first-order valence-electron chi connectivity index (χ1n) is 29.6. The number of rotatable bonds is 7. The summed E-state index contributed by atoms with van der Waals surface area (Å²) < 4.78 is 0. The van der Waals surface area contributed by atoms with E-state index in [-0.39, 0.29) is 44.6 Å². The predicted molar refractivity (Wildman–Crippen MR) is 340 cm³/mol. The Kier molecular flexibility index (Phi) is 11.2. The summed E-state index contributed by atoms with van der Waals surface area (Å²) in [5.41, 5.74) is 29.2. The van der Waals surface area contributed by atoms with E-state index in [1.807, 2.05) is 0 Å². The van der Waals surface area contributed by atoms with Gasteiger partial charge in [0, 0.05) is 50.9 Å². The standard InChI is InChI=1S/C75H82BN3/c1-47-38-55-57(73(11,12)45-71(55,7)8)43-62(47)79-64-44-58-56(72(9,10)46-74(58,13)14)42-60(64)76-59-34-32-50(75(15,16)49-26-20-17-21-27-49)39-63(59)78(61-35-33-54-67(48(61)2)70(5,6)37-36-69(54,3)4)65-40-53(41-66(79)68(65)76)77(51-28-22-18-23-29-51)52-30-24-19-25-31-52/h17-35,38-44H,36-37,45-46H2,1-16H3. The van der Waals surface area contributed by atoms with Crippen LogP contribution in [0.15, 0.2) is 158 Å². The maximum Gasteiger partial charge on any atom is 0.252 e. The molecule has 3 aliphatic carbocycles. The molecule has 2 aliphatic heterocycles. The fourth-order valence-electron chi connectivity index (χ4n) is 16.7. The highest BCUT2D eigenvalue weighted by atomic mass is 15.2. The first-order chi connectivity index (χ1) is 37.2. The van der Waals surface area contributed by atoms with Gasteiger partial charge in [0.1, 0.15) is 0 Å². The number of hydrogen-bond acceptors (Lipinski definition) is 3. The van der Waals surface area contributed by atoms with Gasteiger partial charge in [0.15, 0.2) is 0 Å². The van der Waals surface area contributed by atoms with Crippen molar-refractivity contribution in [3.8, 4) is 0 Å². The van der Waals surface area contributed by atoms with Crippen molar-refractivity contribution in [3.63, 3.8) is 0 Å². The lowest BCUT2D eigenvalue weighted by Crippen LogP contribution is -2.61. The normalized spacial score (nSPS) is 19.0. The zero-order valence-electron chi connectivity index (χ0n) is 50.3. The largest absolute Gasteiger partial charge is 0.311 e. The summed E-state index contributed by atoms with van der Waals surface area (Å²) in [7, 11) is 0. The summed E-state index contributed by atoms with van der Waals surface area (Å²) in [5.74, 6) is 0. The van der Waals surface area contributed by atoms with E-state index in [1.165, 1.54) is 113 Å². The van der Waals surface area contributed by atoms with Crippen molar-refractivity contribution in [3.05, 3.63) is 213 Å². The van der Waals surface area contributed by atoms with Crippen LogP contribution in [0.5, 0.6) is 0 Å². The van der Waals surface area contributed by atoms with Gasteiger partial charge in [0.05, 0.1) is 5.69 Å². The lowest BCUT2D eigenvalue weighted by molar-refractivity contribution is 0.330. The van der Waals surface area contributed by atoms with Gasteiger partial charge < -0.3 is 14.7 Å². The van der Waals surface area contributed by atoms with E-state index in [4.69, 9.17) is 0 Å². The molecule has 0 fully saturated rings. The van der Waals surface area contributed by atoms with Gasteiger partial charge in [-0.05, 0) is 205 Å². The van der Waals surface area contributed by atoms with E-state index in [0.29, 0.717) is 0 Å². The van der Waals surface area contributed by atoms with Crippen molar-refractivity contribution in [2.24, 2.45) is 0 Å². The smallest absolute Gasteiger partial charge is 0.252 e. The number of anilines is 9. The number of nitrogens with zero attached hydrogens (tertiary/aromatic N) is 3. The Bertz CT molecular complexity index is 3760. The Morgan fingerprint density at radius 2 is 0.873 bits per heavy atom. The van der Waals surface area contributed by atoms with Gasteiger partial charge in [-0.25, -0.2) is 0 Å². The van der Waals surface area contributed by atoms with E-state index in [0.717, 1.165) is 36.3 Å². The molecule has 8 aromatic rings. The third-order valence-electron chi connectivity index (χ3n) is 20.4. The quantitative estimate of drug-likeness (QED) is 0.147. The van der Waals surface area contributed by atoms with Gasteiger partial charge in [0.25, 0.3) is 6.71 Å². The maximum atomic E-state index is 2.75. The van der Waals surface area contributed by atoms with Crippen LogP contribution in [0.2, 0.25) is 0 Å². The molecule has 0 spiro atoms. The highest BCUT2D eigenvalue weighted by molar-refractivity contribution is 7.00. The van der Waals surface area contributed by atoms with Crippen molar-refractivity contribution < 1.29 is 0 Å². The van der Waals surface area contributed by atoms with E-state index >= 15 is 0 Å². The Morgan fingerprint density at radius 1 is 0.392 bits per heavy atom. The molecule has 8 aromatic carbocycles. The summed E-state index contributed by atoms with van der Waals surface area (Å²) in [5, 5.41) is 0. The first kappa shape index (κ1) is 51.6. The first-order valence-corrected chi connectivity index (χ1v) is 29.6. The third kappa shape index (κ3) is 7.72. The summed E-state index contributed by atoms with van der Waals surface area (Å²) in [6.07, 6.45) is 4.54. The molecular weight excluding hydrogens is 954 g/mol. The lowest BCUT2D eigenvalue weighted by Gasteiger charge is -2.47. The van der Waals surface area contributed by atoms with Gasteiger partial charge in [-0.2, -0.15) is 0 Å². The molecule has 0 saturated carbocycles. The lowest BCUT2D eigenvalue weighted by atomic mass is 9.33. The molecule has 0 unspecified atom stereocenters. The fraction of sp³-hybridized carbons (Fsp3) is 0.360. The van der Waals surface area contributed by atoms with Crippen LogP contribution in [0.25, 0.3) is 0 Å². The minimum absolute atomic E-state index is 0.00450. The van der Waals surface area contributed by atoms with Crippen LogP contribution in [-0.4, -0.2) is 6.71 Å². The molecule has 0 N–H and O–H groups in total. The van der Waals surface area contributed by atoms with Gasteiger partial charge >= 0.3 is 0 Å². The molecule has 2 heterocycles. The van der Waals surface area contributed by atoms with Gasteiger partial charge in [-0.3, -0.25) is 0 Å². The Morgan fingerprint density at radius 3 is 1.44 bits per heavy atom. The zero-order chi connectivity index (χ0) is 55.7. The highest BCUT2D eigenvalue weighted by Gasteiger charge is 2.51. The minimum Gasteiger partial charge on any atom is -0.311 e. The van der Waals surface area contributed by atoms with E-state index in [1.54, 1.807) is 0 Å². The molecule has 3 nitrogen and oxygen atoms in total. The van der Waals surface area contributed by atoms with Crippen LogP contribution in [-0.2, 0) is 37.9 Å². The Labute approximate surface area is 474 Å². The van der Waals surface area contributed by atoms with Gasteiger partial charge in [-0.1, -0.05) is 194 Å². The molecule has 4 heteroatoms. The number of fused-ring (bicyclic) bond motifs is 7. The van der Waals surface area contributed by atoms with Crippen LogP contribution in [0, 0.1) is 13.8 Å². The summed E-state index contributed by atoms with van der Waals surface area (Å²) in [6, 6.07) is 61.6. The number of benzene rings is 8. The average Bonchev–Trinajstić information content (AvgIpc) is 2.98. The Hall–Kier alpha value is -6.78. The molecule has 0 bridgehead atoms. The second-order valence-electron chi connectivity index (χ2n) is 29.2. The van der Waals surface area contributed by atoms with Crippen molar-refractivity contribution in [2.45, 2.75) is 174 Å². The number of hydrogen-bond donors (Lipinski definition) is 0. The molecule has 79 heavy (non-hydrogen) atoms. The van der Waals surface area contributed by atoms with Crippen molar-refractivity contribution in [1.29, 1.82) is 0 Å². The van der Waals surface area contributed by atoms with Gasteiger partial charge in [0.2, 0.25) is 0 Å².